The molecule has 0 saturated carbocycles. The van der Waals surface area contributed by atoms with Gasteiger partial charge in [0.2, 0.25) is 0 Å². The normalized spacial score (nSPS) is 21.0. The van der Waals surface area contributed by atoms with Crippen molar-refractivity contribution in [3.05, 3.63) is 28.3 Å². The third-order valence-corrected chi connectivity index (χ3v) is 3.47. The maximum Gasteiger partial charge on any atom is 0.271 e. The summed E-state index contributed by atoms with van der Waals surface area (Å²) in [5.41, 5.74) is 7.08. The first kappa shape index (κ1) is 12.6. The fourth-order valence-corrected chi connectivity index (χ4v) is 2.34. The molecule has 0 aliphatic carbocycles. The zero-order valence-corrected chi connectivity index (χ0v) is 10.2. The Morgan fingerprint density at radius 2 is 2.33 bits per heavy atom. The highest BCUT2D eigenvalue weighted by molar-refractivity contribution is 5.71. The lowest BCUT2D eigenvalue weighted by atomic mass is 10.0. The Morgan fingerprint density at radius 3 is 2.83 bits per heavy atom. The predicted molar refractivity (Wildman–Crippen MR) is 69.5 cm³/mol. The van der Waals surface area contributed by atoms with Crippen LogP contribution >= 0.6 is 0 Å². The first-order chi connectivity index (χ1) is 8.49. The van der Waals surface area contributed by atoms with Crippen molar-refractivity contribution in [1.29, 1.82) is 0 Å². The Balaban J connectivity index is 2.18. The molecule has 0 bridgehead atoms. The molecule has 6 nitrogen and oxygen atoms in total. The summed E-state index contributed by atoms with van der Waals surface area (Å²) in [5, 5.41) is 20.2. The lowest BCUT2D eigenvalue weighted by Gasteiger charge is -2.21. The van der Waals surface area contributed by atoms with Gasteiger partial charge in [-0.05, 0) is 19.4 Å². The number of nitro benzene ring substituents is 1. The van der Waals surface area contributed by atoms with Gasteiger partial charge in [-0.15, -0.1) is 0 Å². The topological polar surface area (TPSA) is 92.6 Å². The zero-order chi connectivity index (χ0) is 13.3. The Hall–Kier alpha value is -1.82. The molecule has 98 valence electrons. The summed E-state index contributed by atoms with van der Waals surface area (Å²) >= 11 is 0. The summed E-state index contributed by atoms with van der Waals surface area (Å²) in [6, 6.07) is 4.52. The van der Waals surface area contributed by atoms with Gasteiger partial charge in [-0.3, -0.25) is 10.1 Å². The molecule has 1 saturated heterocycles. The molecule has 1 aliphatic rings. The lowest BCUT2D eigenvalue weighted by molar-refractivity contribution is -0.384. The smallest absolute Gasteiger partial charge is 0.271 e. The SMILES string of the molecule is CC(O)C1CCN(c2ccc([N+](=O)[O-])cc2N)C1. The van der Waals surface area contributed by atoms with E-state index in [2.05, 4.69) is 4.90 Å². The average Bonchev–Trinajstić information content (AvgIpc) is 2.78. The second-order valence-corrected chi connectivity index (χ2v) is 4.74. The molecule has 1 fully saturated rings. The van der Waals surface area contributed by atoms with E-state index < -0.39 is 4.92 Å². The number of rotatable bonds is 3. The second-order valence-electron chi connectivity index (χ2n) is 4.74. The first-order valence-electron chi connectivity index (χ1n) is 5.96. The minimum atomic E-state index is -0.456. The monoisotopic (exact) mass is 251 g/mol. The molecule has 6 heteroatoms. The van der Waals surface area contributed by atoms with Gasteiger partial charge in [-0.2, -0.15) is 0 Å². The average molecular weight is 251 g/mol. The van der Waals surface area contributed by atoms with Crippen LogP contribution in [0.3, 0.4) is 0 Å². The number of hydrogen-bond donors (Lipinski definition) is 2. The number of nitrogens with zero attached hydrogens (tertiary/aromatic N) is 2. The van der Waals surface area contributed by atoms with Gasteiger partial charge < -0.3 is 15.7 Å². The number of hydrogen-bond acceptors (Lipinski definition) is 5. The highest BCUT2D eigenvalue weighted by Gasteiger charge is 2.27. The number of nitrogens with two attached hydrogens (primary N) is 1. The molecule has 1 aromatic rings. The van der Waals surface area contributed by atoms with Crippen molar-refractivity contribution in [2.24, 2.45) is 5.92 Å². The molecule has 0 radical (unpaired) electrons. The number of aliphatic hydroxyl groups is 1. The summed E-state index contributed by atoms with van der Waals surface area (Å²) in [7, 11) is 0. The molecule has 0 amide bonds. The Bertz CT molecular complexity index is 462. The molecule has 18 heavy (non-hydrogen) atoms. The van der Waals surface area contributed by atoms with Crippen LogP contribution in [0, 0.1) is 16.0 Å². The molecule has 2 rings (SSSR count). The van der Waals surface area contributed by atoms with Crippen LogP contribution in [0.4, 0.5) is 17.1 Å². The molecule has 1 aromatic carbocycles. The fraction of sp³-hybridized carbons (Fsp3) is 0.500. The largest absolute Gasteiger partial charge is 0.397 e. The van der Waals surface area contributed by atoms with Crippen LogP contribution < -0.4 is 10.6 Å². The molecular formula is C12H17N3O3. The first-order valence-corrected chi connectivity index (χ1v) is 5.96. The van der Waals surface area contributed by atoms with Gasteiger partial charge >= 0.3 is 0 Å². The number of anilines is 2. The molecule has 3 N–H and O–H groups in total. The number of nitro groups is 1. The van der Waals surface area contributed by atoms with Gasteiger partial charge in [-0.1, -0.05) is 0 Å². The van der Waals surface area contributed by atoms with Gasteiger partial charge in [0.25, 0.3) is 5.69 Å². The molecule has 0 aromatic heterocycles. The number of benzene rings is 1. The van der Waals surface area contributed by atoms with Crippen molar-refractivity contribution in [3.63, 3.8) is 0 Å². The van der Waals surface area contributed by atoms with E-state index in [1.54, 1.807) is 13.0 Å². The van der Waals surface area contributed by atoms with E-state index in [0.717, 1.165) is 25.2 Å². The van der Waals surface area contributed by atoms with E-state index in [9.17, 15) is 15.2 Å². The van der Waals surface area contributed by atoms with Gasteiger partial charge in [-0.25, -0.2) is 0 Å². The van der Waals surface area contributed by atoms with Crippen molar-refractivity contribution in [3.8, 4) is 0 Å². The van der Waals surface area contributed by atoms with E-state index in [-0.39, 0.29) is 17.7 Å². The highest BCUT2D eigenvalue weighted by Crippen LogP contribution is 2.32. The molecule has 2 unspecified atom stereocenters. The van der Waals surface area contributed by atoms with Gasteiger partial charge in [0, 0.05) is 31.1 Å². The third kappa shape index (κ3) is 2.38. The molecule has 1 aliphatic heterocycles. The Kier molecular flexibility index (Phi) is 3.38. The summed E-state index contributed by atoms with van der Waals surface area (Å²) in [6.07, 6.45) is 0.572. The van der Waals surface area contributed by atoms with Crippen LogP contribution in [0.1, 0.15) is 13.3 Å². The Morgan fingerprint density at radius 1 is 1.61 bits per heavy atom. The van der Waals surface area contributed by atoms with E-state index in [1.807, 2.05) is 0 Å². The van der Waals surface area contributed by atoms with Crippen LogP contribution in [0.2, 0.25) is 0 Å². The van der Waals surface area contributed by atoms with E-state index in [4.69, 9.17) is 5.73 Å². The Labute approximate surface area is 105 Å². The minimum absolute atomic E-state index is 0.00234. The van der Waals surface area contributed by atoms with Crippen molar-refractivity contribution >= 4 is 17.1 Å². The number of aliphatic hydroxyl groups excluding tert-OH is 1. The summed E-state index contributed by atoms with van der Waals surface area (Å²) in [5.74, 6) is 0.236. The quantitative estimate of drug-likeness (QED) is 0.481. The van der Waals surface area contributed by atoms with E-state index in [1.165, 1.54) is 12.1 Å². The third-order valence-electron chi connectivity index (χ3n) is 3.47. The van der Waals surface area contributed by atoms with Crippen molar-refractivity contribution < 1.29 is 10.0 Å². The van der Waals surface area contributed by atoms with E-state index in [0.29, 0.717) is 5.69 Å². The molecule has 1 heterocycles. The zero-order valence-electron chi connectivity index (χ0n) is 10.2. The van der Waals surface area contributed by atoms with Crippen molar-refractivity contribution in [2.75, 3.05) is 23.7 Å². The maximum atomic E-state index is 10.6. The van der Waals surface area contributed by atoms with Crippen LogP contribution in [0.5, 0.6) is 0 Å². The van der Waals surface area contributed by atoms with Gasteiger partial charge in [0.05, 0.1) is 22.4 Å². The minimum Gasteiger partial charge on any atom is -0.397 e. The highest BCUT2D eigenvalue weighted by atomic mass is 16.6. The van der Waals surface area contributed by atoms with Crippen molar-refractivity contribution in [2.45, 2.75) is 19.4 Å². The van der Waals surface area contributed by atoms with Crippen molar-refractivity contribution in [1.82, 2.24) is 0 Å². The number of non-ortho nitro benzene ring substituents is 1. The number of nitrogen functional groups attached to an aromatic ring is 1. The molecular weight excluding hydrogens is 234 g/mol. The lowest BCUT2D eigenvalue weighted by Crippen LogP contribution is -2.24. The summed E-state index contributed by atoms with van der Waals surface area (Å²) in [6.45, 7) is 3.34. The van der Waals surface area contributed by atoms with Gasteiger partial charge in [0.1, 0.15) is 0 Å². The summed E-state index contributed by atoms with van der Waals surface area (Å²) < 4.78 is 0. The predicted octanol–water partition coefficient (Wildman–Crippen LogP) is 1.38. The van der Waals surface area contributed by atoms with E-state index >= 15 is 0 Å². The van der Waals surface area contributed by atoms with Crippen LogP contribution in [-0.2, 0) is 0 Å². The summed E-state index contributed by atoms with van der Waals surface area (Å²) in [4.78, 5) is 12.2. The van der Waals surface area contributed by atoms with Crippen LogP contribution in [0.15, 0.2) is 18.2 Å². The standard InChI is InChI=1S/C12H17N3O3/c1-8(16)9-4-5-14(7-9)12-3-2-10(15(17)18)6-11(12)13/h2-3,6,8-9,16H,4-5,7,13H2,1H3. The maximum absolute atomic E-state index is 10.6. The van der Waals surface area contributed by atoms with Crippen LogP contribution in [0.25, 0.3) is 0 Å². The molecule has 0 spiro atoms. The molecule has 2 atom stereocenters. The van der Waals surface area contributed by atoms with Gasteiger partial charge in [0.15, 0.2) is 0 Å². The van der Waals surface area contributed by atoms with Crippen LogP contribution in [-0.4, -0.2) is 29.2 Å². The fourth-order valence-electron chi connectivity index (χ4n) is 2.34. The second kappa shape index (κ2) is 4.81.